The summed E-state index contributed by atoms with van der Waals surface area (Å²) in [6, 6.07) is 3.65. The molecular formula is C13H13NO3S. The number of furan rings is 1. The van der Waals surface area contributed by atoms with Crippen molar-refractivity contribution in [2.24, 2.45) is 0 Å². The highest BCUT2D eigenvalue weighted by Gasteiger charge is 2.15. The Balaban J connectivity index is 2.42. The summed E-state index contributed by atoms with van der Waals surface area (Å²) < 4.78 is 5.30. The van der Waals surface area contributed by atoms with Crippen molar-refractivity contribution in [3.05, 3.63) is 35.0 Å². The van der Waals surface area contributed by atoms with Gasteiger partial charge in [0, 0.05) is 6.08 Å². The van der Waals surface area contributed by atoms with Crippen LogP contribution in [0.3, 0.4) is 0 Å². The van der Waals surface area contributed by atoms with Crippen molar-refractivity contribution < 1.29 is 14.3 Å². The van der Waals surface area contributed by atoms with Gasteiger partial charge in [-0.1, -0.05) is 13.8 Å². The van der Waals surface area contributed by atoms with E-state index >= 15 is 0 Å². The Kier molecular flexibility index (Phi) is 3.62. The third-order valence-electron chi connectivity index (χ3n) is 2.34. The minimum absolute atomic E-state index is 0.235. The van der Waals surface area contributed by atoms with E-state index in [9.17, 15) is 4.79 Å². The highest BCUT2D eigenvalue weighted by atomic mass is 32.1. The van der Waals surface area contributed by atoms with E-state index < -0.39 is 5.97 Å². The molecule has 0 aliphatic carbocycles. The smallest absolute Gasteiger partial charge is 0.328 e. The van der Waals surface area contributed by atoms with Crippen LogP contribution in [-0.2, 0) is 4.79 Å². The van der Waals surface area contributed by atoms with E-state index in [2.05, 4.69) is 4.98 Å². The first-order chi connectivity index (χ1) is 8.58. The van der Waals surface area contributed by atoms with Crippen molar-refractivity contribution in [3.63, 3.8) is 0 Å². The van der Waals surface area contributed by atoms with Gasteiger partial charge >= 0.3 is 5.97 Å². The molecule has 94 valence electrons. The highest BCUT2D eigenvalue weighted by Crippen LogP contribution is 2.32. The summed E-state index contributed by atoms with van der Waals surface area (Å²) in [7, 11) is 0. The predicted molar refractivity (Wildman–Crippen MR) is 70.6 cm³/mol. The molecule has 2 heterocycles. The number of aliphatic carboxylic acids is 1. The Morgan fingerprint density at radius 1 is 1.56 bits per heavy atom. The first-order valence-electron chi connectivity index (χ1n) is 5.53. The van der Waals surface area contributed by atoms with Crippen molar-refractivity contribution in [1.82, 2.24) is 4.98 Å². The molecule has 1 N–H and O–H groups in total. The molecule has 2 aromatic heterocycles. The number of hydrogen-bond donors (Lipinski definition) is 1. The normalized spacial score (nSPS) is 11.5. The van der Waals surface area contributed by atoms with Gasteiger partial charge < -0.3 is 9.52 Å². The Morgan fingerprint density at radius 2 is 2.33 bits per heavy atom. The van der Waals surface area contributed by atoms with E-state index in [1.165, 1.54) is 11.3 Å². The highest BCUT2D eigenvalue weighted by molar-refractivity contribution is 7.16. The maximum Gasteiger partial charge on any atom is 0.328 e. The summed E-state index contributed by atoms with van der Waals surface area (Å²) in [5.41, 5.74) is 0.893. The lowest BCUT2D eigenvalue weighted by Crippen LogP contribution is -1.91. The van der Waals surface area contributed by atoms with Crippen LogP contribution in [0.15, 0.2) is 28.9 Å². The molecule has 0 saturated heterocycles. The Hall–Kier alpha value is -1.88. The Labute approximate surface area is 109 Å². The van der Waals surface area contributed by atoms with E-state index in [-0.39, 0.29) is 5.92 Å². The van der Waals surface area contributed by atoms with Gasteiger partial charge in [-0.15, -0.1) is 11.3 Å². The first kappa shape index (κ1) is 12.6. The molecule has 0 amide bonds. The third kappa shape index (κ3) is 2.68. The minimum Gasteiger partial charge on any atom is -0.478 e. The van der Waals surface area contributed by atoms with E-state index in [4.69, 9.17) is 9.52 Å². The Morgan fingerprint density at radius 3 is 2.89 bits per heavy atom. The molecule has 0 unspecified atom stereocenters. The number of carboxylic acid groups (broad SMARTS) is 1. The molecule has 2 aromatic rings. The van der Waals surface area contributed by atoms with Crippen molar-refractivity contribution in [2.45, 2.75) is 19.8 Å². The standard InChI is InChI=1S/C13H13NO3S/c1-8(2)12-10(5-6-11(15)16)18-13(14-12)9-4-3-7-17-9/h3-8H,1-2H3,(H,15,16)/b6-5+. The summed E-state index contributed by atoms with van der Waals surface area (Å²) in [6.07, 6.45) is 4.31. The van der Waals surface area contributed by atoms with E-state index in [0.29, 0.717) is 5.76 Å². The molecule has 4 nitrogen and oxygen atoms in total. The van der Waals surface area contributed by atoms with Crippen molar-refractivity contribution in [1.29, 1.82) is 0 Å². The largest absolute Gasteiger partial charge is 0.478 e. The van der Waals surface area contributed by atoms with Crippen LogP contribution >= 0.6 is 11.3 Å². The molecule has 0 bridgehead atoms. The van der Waals surface area contributed by atoms with Gasteiger partial charge in [-0.2, -0.15) is 0 Å². The fraction of sp³-hybridized carbons (Fsp3) is 0.231. The van der Waals surface area contributed by atoms with Gasteiger partial charge in [0.15, 0.2) is 10.8 Å². The zero-order chi connectivity index (χ0) is 13.1. The Bertz CT molecular complexity index is 567. The predicted octanol–water partition coefficient (Wildman–Crippen LogP) is 3.62. The van der Waals surface area contributed by atoms with Crippen LogP contribution in [0.2, 0.25) is 0 Å². The van der Waals surface area contributed by atoms with Crippen LogP contribution in [0.5, 0.6) is 0 Å². The average Bonchev–Trinajstić information content (AvgIpc) is 2.94. The molecule has 0 aromatic carbocycles. The summed E-state index contributed by atoms with van der Waals surface area (Å²) in [6.45, 7) is 4.05. The zero-order valence-electron chi connectivity index (χ0n) is 10.1. The van der Waals surface area contributed by atoms with Gasteiger partial charge in [-0.3, -0.25) is 0 Å². The van der Waals surface area contributed by atoms with Gasteiger partial charge in [0.1, 0.15) is 0 Å². The molecule has 0 saturated carbocycles. The summed E-state index contributed by atoms with van der Waals surface area (Å²) in [5, 5.41) is 9.45. The average molecular weight is 263 g/mol. The van der Waals surface area contributed by atoms with Crippen LogP contribution in [0.25, 0.3) is 16.8 Å². The molecule has 0 aliphatic heterocycles. The second-order valence-corrected chi connectivity index (χ2v) is 5.10. The van der Waals surface area contributed by atoms with Crippen molar-refractivity contribution in [3.8, 4) is 10.8 Å². The van der Waals surface area contributed by atoms with Gasteiger partial charge in [-0.25, -0.2) is 9.78 Å². The number of thiazole rings is 1. The molecule has 18 heavy (non-hydrogen) atoms. The number of carbonyl (C=O) groups is 1. The number of rotatable bonds is 4. The fourth-order valence-corrected chi connectivity index (χ4v) is 2.62. The maximum absolute atomic E-state index is 10.6. The summed E-state index contributed by atoms with van der Waals surface area (Å²) in [4.78, 5) is 15.9. The second-order valence-electron chi connectivity index (χ2n) is 4.07. The lowest BCUT2D eigenvalue weighted by molar-refractivity contribution is -0.131. The minimum atomic E-state index is -0.961. The van der Waals surface area contributed by atoms with Crippen LogP contribution in [0.4, 0.5) is 0 Å². The molecule has 0 aliphatic rings. The van der Waals surface area contributed by atoms with Crippen LogP contribution < -0.4 is 0 Å². The van der Waals surface area contributed by atoms with Crippen LogP contribution in [0.1, 0.15) is 30.3 Å². The molecule has 0 radical (unpaired) electrons. The quantitative estimate of drug-likeness (QED) is 0.856. The lowest BCUT2D eigenvalue weighted by Gasteiger charge is -2.00. The lowest BCUT2D eigenvalue weighted by atomic mass is 10.1. The van der Waals surface area contributed by atoms with Gasteiger partial charge in [0.2, 0.25) is 0 Å². The van der Waals surface area contributed by atoms with E-state index in [1.807, 2.05) is 19.9 Å². The molecule has 2 rings (SSSR count). The van der Waals surface area contributed by atoms with Crippen molar-refractivity contribution in [2.75, 3.05) is 0 Å². The van der Waals surface area contributed by atoms with Gasteiger partial charge in [-0.05, 0) is 24.1 Å². The maximum atomic E-state index is 10.6. The van der Waals surface area contributed by atoms with E-state index in [0.717, 1.165) is 21.7 Å². The number of nitrogens with zero attached hydrogens (tertiary/aromatic N) is 1. The number of hydrogen-bond acceptors (Lipinski definition) is 4. The topological polar surface area (TPSA) is 63.3 Å². The molecule has 0 spiro atoms. The summed E-state index contributed by atoms with van der Waals surface area (Å²) in [5.74, 6) is -0.0204. The monoisotopic (exact) mass is 263 g/mol. The van der Waals surface area contributed by atoms with Gasteiger partial charge in [0.25, 0.3) is 0 Å². The van der Waals surface area contributed by atoms with E-state index in [1.54, 1.807) is 18.4 Å². The fourth-order valence-electron chi connectivity index (χ4n) is 1.53. The first-order valence-corrected chi connectivity index (χ1v) is 6.35. The number of aromatic nitrogens is 1. The third-order valence-corrected chi connectivity index (χ3v) is 3.39. The molecule has 0 atom stereocenters. The van der Waals surface area contributed by atoms with Gasteiger partial charge in [0.05, 0.1) is 16.8 Å². The second kappa shape index (κ2) is 5.18. The SMILES string of the molecule is CC(C)c1nc(-c2ccco2)sc1/C=C/C(=O)O. The van der Waals surface area contributed by atoms with Crippen LogP contribution in [0, 0.1) is 0 Å². The van der Waals surface area contributed by atoms with Crippen molar-refractivity contribution >= 4 is 23.4 Å². The molecular weight excluding hydrogens is 250 g/mol. The summed E-state index contributed by atoms with van der Waals surface area (Å²) >= 11 is 1.43. The van der Waals surface area contributed by atoms with Crippen LogP contribution in [-0.4, -0.2) is 16.1 Å². The zero-order valence-corrected chi connectivity index (χ0v) is 10.9. The molecule has 0 fully saturated rings. The number of carboxylic acids is 1. The molecule has 5 heteroatoms.